The fourth-order valence-corrected chi connectivity index (χ4v) is 1.69. The molecular weight excluding hydrogens is 192 g/mol. The Kier molecular flexibility index (Phi) is 7.88. The van der Waals surface area contributed by atoms with Crippen molar-refractivity contribution in [3.63, 3.8) is 0 Å². The van der Waals surface area contributed by atoms with E-state index in [1.54, 1.807) is 7.11 Å². The van der Waals surface area contributed by atoms with Crippen molar-refractivity contribution in [3.8, 4) is 0 Å². The molecule has 0 amide bonds. The van der Waals surface area contributed by atoms with Crippen LogP contribution in [0, 0.1) is 5.92 Å². The highest BCUT2D eigenvalue weighted by Crippen LogP contribution is 2.13. The third-order valence-corrected chi connectivity index (χ3v) is 2.67. The maximum atomic E-state index is 4.97. The van der Waals surface area contributed by atoms with Gasteiger partial charge in [-0.3, -0.25) is 0 Å². The summed E-state index contributed by atoms with van der Waals surface area (Å²) >= 11 is 3.49. The number of rotatable bonds is 6. The van der Waals surface area contributed by atoms with E-state index in [-0.39, 0.29) is 0 Å². The summed E-state index contributed by atoms with van der Waals surface area (Å²) in [5.74, 6) is 0.843. The van der Waals surface area contributed by atoms with Crippen LogP contribution >= 0.6 is 15.9 Å². The Morgan fingerprint density at radius 1 is 1.50 bits per heavy atom. The van der Waals surface area contributed by atoms with Gasteiger partial charge in [0.1, 0.15) is 0 Å². The lowest BCUT2D eigenvalue weighted by molar-refractivity contribution is 0.188. The van der Waals surface area contributed by atoms with Crippen molar-refractivity contribution in [2.45, 2.75) is 26.2 Å². The smallest absolute Gasteiger partial charge is 0.0462 e. The van der Waals surface area contributed by atoms with Gasteiger partial charge in [0.25, 0.3) is 0 Å². The van der Waals surface area contributed by atoms with Gasteiger partial charge in [0.2, 0.25) is 0 Å². The number of hydrogen-bond donors (Lipinski definition) is 0. The molecule has 0 saturated heterocycles. The monoisotopic (exact) mass is 208 g/mol. The molecule has 0 heterocycles. The molecule has 0 saturated carbocycles. The summed E-state index contributed by atoms with van der Waals surface area (Å²) < 4.78 is 4.97. The summed E-state index contributed by atoms with van der Waals surface area (Å²) in [5, 5.41) is 1.13. The minimum atomic E-state index is 0.843. The van der Waals surface area contributed by atoms with Crippen molar-refractivity contribution < 1.29 is 4.74 Å². The molecule has 0 bridgehead atoms. The van der Waals surface area contributed by atoms with E-state index >= 15 is 0 Å². The Morgan fingerprint density at radius 2 is 2.20 bits per heavy atom. The van der Waals surface area contributed by atoms with Gasteiger partial charge in [0.15, 0.2) is 0 Å². The number of methoxy groups -OCH3 is 1. The van der Waals surface area contributed by atoms with E-state index in [0.29, 0.717) is 0 Å². The van der Waals surface area contributed by atoms with Crippen molar-refractivity contribution in [2.75, 3.05) is 19.0 Å². The van der Waals surface area contributed by atoms with Gasteiger partial charge in [-0.1, -0.05) is 29.3 Å². The topological polar surface area (TPSA) is 9.23 Å². The van der Waals surface area contributed by atoms with Gasteiger partial charge >= 0.3 is 0 Å². The van der Waals surface area contributed by atoms with E-state index in [0.717, 1.165) is 17.9 Å². The summed E-state index contributed by atoms with van der Waals surface area (Å²) in [7, 11) is 1.76. The van der Waals surface area contributed by atoms with Gasteiger partial charge in [-0.15, -0.1) is 0 Å². The molecule has 0 aromatic heterocycles. The van der Waals surface area contributed by atoms with Crippen LogP contribution in [0.4, 0.5) is 0 Å². The van der Waals surface area contributed by atoms with Gasteiger partial charge in [-0.2, -0.15) is 0 Å². The first-order chi connectivity index (χ1) is 4.85. The normalized spacial score (nSPS) is 13.5. The molecule has 0 N–H and O–H groups in total. The number of halogens is 1. The van der Waals surface area contributed by atoms with Crippen LogP contribution in [0.1, 0.15) is 26.2 Å². The maximum absolute atomic E-state index is 4.97. The third kappa shape index (κ3) is 5.24. The predicted octanol–water partition coefficient (Wildman–Crippen LogP) is 2.83. The van der Waals surface area contributed by atoms with E-state index in [4.69, 9.17) is 4.74 Å². The molecule has 10 heavy (non-hydrogen) atoms. The Bertz CT molecular complexity index is 62.3. The summed E-state index contributed by atoms with van der Waals surface area (Å²) in [6.07, 6.45) is 3.76. The van der Waals surface area contributed by atoms with E-state index < -0.39 is 0 Å². The molecule has 0 fully saturated rings. The molecule has 0 rings (SSSR count). The molecule has 1 atom stereocenters. The highest BCUT2D eigenvalue weighted by atomic mass is 79.9. The van der Waals surface area contributed by atoms with Crippen molar-refractivity contribution in [1.29, 1.82) is 0 Å². The molecule has 0 aliphatic carbocycles. The Hall–Kier alpha value is 0.440. The largest absolute Gasteiger partial charge is 0.385 e. The zero-order chi connectivity index (χ0) is 7.82. The van der Waals surface area contributed by atoms with Crippen LogP contribution in [-0.2, 0) is 4.74 Å². The predicted molar refractivity (Wildman–Crippen MR) is 48.7 cm³/mol. The zero-order valence-electron chi connectivity index (χ0n) is 6.90. The van der Waals surface area contributed by atoms with Crippen LogP contribution in [0.15, 0.2) is 0 Å². The molecule has 1 unspecified atom stereocenters. The first kappa shape index (κ1) is 10.4. The van der Waals surface area contributed by atoms with Crippen LogP contribution in [0.25, 0.3) is 0 Å². The molecule has 1 nitrogen and oxygen atoms in total. The quantitative estimate of drug-likeness (QED) is 0.482. The molecule has 0 aromatic carbocycles. The van der Waals surface area contributed by atoms with E-state index in [9.17, 15) is 0 Å². The fourth-order valence-electron chi connectivity index (χ4n) is 0.907. The lowest BCUT2D eigenvalue weighted by atomic mass is 10.0. The third-order valence-electron chi connectivity index (χ3n) is 1.76. The number of hydrogen-bond acceptors (Lipinski definition) is 1. The molecule has 0 aliphatic heterocycles. The molecular formula is C8H17BrO. The second-order valence-electron chi connectivity index (χ2n) is 2.56. The first-order valence-corrected chi connectivity index (χ1v) is 5.02. The zero-order valence-corrected chi connectivity index (χ0v) is 8.49. The van der Waals surface area contributed by atoms with Gasteiger partial charge in [0.05, 0.1) is 0 Å². The first-order valence-electron chi connectivity index (χ1n) is 3.90. The number of ether oxygens (including phenoxy) is 1. The van der Waals surface area contributed by atoms with Gasteiger partial charge in [0, 0.05) is 19.0 Å². The minimum Gasteiger partial charge on any atom is -0.385 e. The molecule has 62 valence electrons. The van der Waals surface area contributed by atoms with Crippen molar-refractivity contribution in [2.24, 2.45) is 5.92 Å². The standard InChI is InChI=1S/C8H17BrO/c1-3-8(7-9)5-4-6-10-2/h8H,3-7H2,1-2H3. The fraction of sp³-hybridized carbons (Fsp3) is 1.00. The summed E-state index contributed by atoms with van der Waals surface area (Å²) in [4.78, 5) is 0. The van der Waals surface area contributed by atoms with E-state index in [2.05, 4.69) is 22.9 Å². The molecule has 2 heteroatoms. The van der Waals surface area contributed by atoms with Crippen LogP contribution in [0.2, 0.25) is 0 Å². The van der Waals surface area contributed by atoms with Crippen molar-refractivity contribution in [3.05, 3.63) is 0 Å². The maximum Gasteiger partial charge on any atom is 0.0462 e. The summed E-state index contributed by atoms with van der Waals surface area (Å²) in [6, 6.07) is 0. The Labute approximate surface area is 72.3 Å². The SMILES string of the molecule is CCC(CBr)CCCOC. The average molecular weight is 209 g/mol. The van der Waals surface area contributed by atoms with Crippen molar-refractivity contribution in [1.82, 2.24) is 0 Å². The van der Waals surface area contributed by atoms with E-state index in [1.807, 2.05) is 0 Å². The molecule has 0 aliphatic rings. The molecule has 0 aromatic rings. The van der Waals surface area contributed by atoms with Crippen LogP contribution in [0.3, 0.4) is 0 Å². The van der Waals surface area contributed by atoms with E-state index in [1.165, 1.54) is 19.3 Å². The van der Waals surface area contributed by atoms with Gasteiger partial charge < -0.3 is 4.74 Å². The highest BCUT2D eigenvalue weighted by molar-refractivity contribution is 9.09. The number of alkyl halides is 1. The second kappa shape index (κ2) is 7.55. The minimum absolute atomic E-state index is 0.843. The molecule has 0 radical (unpaired) electrons. The van der Waals surface area contributed by atoms with Crippen LogP contribution in [-0.4, -0.2) is 19.0 Å². The van der Waals surface area contributed by atoms with Gasteiger partial charge in [-0.05, 0) is 18.8 Å². The van der Waals surface area contributed by atoms with Gasteiger partial charge in [-0.25, -0.2) is 0 Å². The highest BCUT2D eigenvalue weighted by Gasteiger charge is 2.02. The van der Waals surface area contributed by atoms with Crippen LogP contribution < -0.4 is 0 Å². The van der Waals surface area contributed by atoms with Crippen LogP contribution in [0.5, 0.6) is 0 Å². The summed E-state index contributed by atoms with van der Waals surface area (Å²) in [6.45, 7) is 3.14. The lowest BCUT2D eigenvalue weighted by Crippen LogP contribution is -2.01. The Balaban J connectivity index is 3.09. The van der Waals surface area contributed by atoms with Crippen molar-refractivity contribution >= 4 is 15.9 Å². The lowest BCUT2D eigenvalue weighted by Gasteiger charge is -2.09. The second-order valence-corrected chi connectivity index (χ2v) is 3.21. The average Bonchev–Trinajstić information content (AvgIpc) is 1.99. The Morgan fingerprint density at radius 3 is 2.60 bits per heavy atom. The summed E-state index contributed by atoms with van der Waals surface area (Å²) in [5.41, 5.74) is 0. The molecule has 0 spiro atoms.